The first-order valence-corrected chi connectivity index (χ1v) is 6.31. The number of anilines is 1. The molecule has 1 aromatic carbocycles. The molecule has 2 N–H and O–H groups in total. The fraction of sp³-hybridized carbons (Fsp3) is 0.429. The van der Waals surface area contributed by atoms with Crippen LogP contribution in [0.2, 0.25) is 0 Å². The number of aromatic carboxylic acids is 1. The van der Waals surface area contributed by atoms with Crippen molar-refractivity contribution in [1.29, 1.82) is 0 Å². The van der Waals surface area contributed by atoms with Crippen molar-refractivity contribution < 1.29 is 19.4 Å². The van der Waals surface area contributed by atoms with Crippen LogP contribution in [0.3, 0.4) is 0 Å². The van der Waals surface area contributed by atoms with E-state index in [4.69, 9.17) is 9.84 Å². The van der Waals surface area contributed by atoms with E-state index in [0.29, 0.717) is 18.7 Å². The number of carboxylic acid groups (broad SMARTS) is 1. The molecular formula is C14H17NO4. The van der Waals surface area contributed by atoms with Crippen LogP contribution in [0, 0.1) is 6.92 Å². The Bertz CT molecular complexity index is 492. The molecule has 19 heavy (non-hydrogen) atoms. The normalized spacial score (nSPS) is 18.3. The van der Waals surface area contributed by atoms with Gasteiger partial charge in [-0.25, -0.2) is 4.79 Å². The van der Waals surface area contributed by atoms with Crippen LogP contribution in [0.15, 0.2) is 18.2 Å². The summed E-state index contributed by atoms with van der Waals surface area (Å²) in [7, 11) is 0. The standard InChI is InChI=1S/C14H17NO4/c1-9-4-5-10(14(17)18)7-12(9)15-13(16)8-11-3-2-6-19-11/h4-5,7,11H,2-3,6,8H2,1H3,(H,15,16)(H,17,18). The highest BCUT2D eigenvalue weighted by Crippen LogP contribution is 2.19. The Morgan fingerprint density at radius 3 is 2.89 bits per heavy atom. The Kier molecular flexibility index (Phi) is 4.16. The van der Waals surface area contributed by atoms with Gasteiger partial charge in [0.15, 0.2) is 0 Å². The Balaban J connectivity index is 2.02. The first-order valence-electron chi connectivity index (χ1n) is 6.31. The molecule has 1 aliphatic rings. The summed E-state index contributed by atoms with van der Waals surface area (Å²) in [6.07, 6.45) is 2.20. The quantitative estimate of drug-likeness (QED) is 0.873. The fourth-order valence-electron chi connectivity index (χ4n) is 2.10. The van der Waals surface area contributed by atoms with Gasteiger partial charge in [0.1, 0.15) is 0 Å². The molecule has 0 aromatic heterocycles. The second kappa shape index (κ2) is 5.84. The van der Waals surface area contributed by atoms with Crippen molar-refractivity contribution in [3.8, 4) is 0 Å². The average Bonchev–Trinajstić information content (AvgIpc) is 2.84. The van der Waals surface area contributed by atoms with Gasteiger partial charge >= 0.3 is 5.97 Å². The highest BCUT2D eigenvalue weighted by atomic mass is 16.5. The number of carboxylic acids is 1. The molecule has 1 saturated heterocycles. The molecule has 1 fully saturated rings. The number of aryl methyl sites for hydroxylation is 1. The predicted molar refractivity (Wildman–Crippen MR) is 70.4 cm³/mol. The van der Waals surface area contributed by atoms with Gasteiger partial charge in [-0.05, 0) is 37.5 Å². The van der Waals surface area contributed by atoms with E-state index in [1.807, 2.05) is 6.92 Å². The van der Waals surface area contributed by atoms with Crippen molar-refractivity contribution in [3.05, 3.63) is 29.3 Å². The topological polar surface area (TPSA) is 75.6 Å². The largest absolute Gasteiger partial charge is 0.478 e. The van der Waals surface area contributed by atoms with E-state index in [0.717, 1.165) is 18.4 Å². The summed E-state index contributed by atoms with van der Waals surface area (Å²) in [4.78, 5) is 22.8. The van der Waals surface area contributed by atoms with E-state index in [2.05, 4.69) is 5.32 Å². The third kappa shape index (κ3) is 3.54. The number of benzene rings is 1. The number of hydrogen-bond acceptors (Lipinski definition) is 3. The third-order valence-corrected chi connectivity index (χ3v) is 3.20. The molecule has 1 atom stereocenters. The third-order valence-electron chi connectivity index (χ3n) is 3.20. The number of nitrogens with one attached hydrogen (secondary N) is 1. The lowest BCUT2D eigenvalue weighted by atomic mass is 10.1. The molecule has 5 nitrogen and oxygen atoms in total. The van der Waals surface area contributed by atoms with E-state index in [1.165, 1.54) is 12.1 Å². The van der Waals surface area contributed by atoms with E-state index < -0.39 is 5.97 Å². The molecule has 1 heterocycles. The number of ether oxygens (including phenoxy) is 1. The monoisotopic (exact) mass is 263 g/mol. The number of carbonyl (C=O) groups is 2. The number of hydrogen-bond donors (Lipinski definition) is 2. The van der Waals surface area contributed by atoms with Crippen LogP contribution >= 0.6 is 0 Å². The lowest BCUT2D eigenvalue weighted by Crippen LogP contribution is -2.19. The number of amides is 1. The summed E-state index contributed by atoms with van der Waals surface area (Å²) in [6, 6.07) is 4.68. The van der Waals surface area contributed by atoms with Gasteiger partial charge in [-0.1, -0.05) is 6.07 Å². The van der Waals surface area contributed by atoms with Gasteiger partial charge in [0.25, 0.3) is 0 Å². The summed E-state index contributed by atoms with van der Waals surface area (Å²) in [5.74, 6) is -1.15. The Morgan fingerprint density at radius 1 is 1.47 bits per heavy atom. The molecule has 0 spiro atoms. The lowest BCUT2D eigenvalue weighted by Gasteiger charge is -2.12. The lowest BCUT2D eigenvalue weighted by molar-refractivity contribution is -0.118. The molecule has 102 valence electrons. The maximum absolute atomic E-state index is 11.9. The van der Waals surface area contributed by atoms with Crippen LogP contribution in [0.1, 0.15) is 35.2 Å². The molecule has 0 radical (unpaired) electrons. The summed E-state index contributed by atoms with van der Waals surface area (Å²) in [6.45, 7) is 2.54. The van der Waals surface area contributed by atoms with Gasteiger partial charge in [-0.15, -0.1) is 0 Å². The van der Waals surface area contributed by atoms with Crippen molar-refractivity contribution in [2.45, 2.75) is 32.3 Å². The van der Waals surface area contributed by atoms with Gasteiger partial charge in [0, 0.05) is 12.3 Å². The van der Waals surface area contributed by atoms with Gasteiger partial charge in [0.2, 0.25) is 5.91 Å². The summed E-state index contributed by atoms with van der Waals surface area (Å²) in [5, 5.41) is 11.7. The Hall–Kier alpha value is -1.88. The molecule has 1 amide bonds. The molecular weight excluding hydrogens is 246 g/mol. The van der Waals surface area contributed by atoms with Crippen LogP contribution in [0.5, 0.6) is 0 Å². The minimum atomic E-state index is -1.00. The molecule has 1 unspecified atom stereocenters. The SMILES string of the molecule is Cc1ccc(C(=O)O)cc1NC(=O)CC1CCCO1. The van der Waals surface area contributed by atoms with Crippen LogP contribution < -0.4 is 5.32 Å². The van der Waals surface area contributed by atoms with E-state index >= 15 is 0 Å². The highest BCUT2D eigenvalue weighted by molar-refractivity contribution is 5.94. The molecule has 1 aromatic rings. The smallest absolute Gasteiger partial charge is 0.335 e. The highest BCUT2D eigenvalue weighted by Gasteiger charge is 2.19. The second-order valence-corrected chi connectivity index (χ2v) is 4.72. The summed E-state index contributed by atoms with van der Waals surface area (Å²) >= 11 is 0. The van der Waals surface area contributed by atoms with Crippen LogP contribution in [0.25, 0.3) is 0 Å². The van der Waals surface area contributed by atoms with Gasteiger partial charge in [-0.2, -0.15) is 0 Å². The number of carbonyl (C=O) groups excluding carboxylic acids is 1. The van der Waals surface area contributed by atoms with Crippen LogP contribution in [-0.4, -0.2) is 29.7 Å². The maximum Gasteiger partial charge on any atom is 0.335 e. The van der Waals surface area contributed by atoms with Gasteiger partial charge in [-0.3, -0.25) is 4.79 Å². The van der Waals surface area contributed by atoms with Gasteiger partial charge < -0.3 is 15.2 Å². The molecule has 2 rings (SSSR count). The van der Waals surface area contributed by atoms with Crippen molar-refractivity contribution in [1.82, 2.24) is 0 Å². The van der Waals surface area contributed by atoms with Crippen LogP contribution in [0.4, 0.5) is 5.69 Å². The number of rotatable bonds is 4. The minimum absolute atomic E-state index is 0.0111. The maximum atomic E-state index is 11.9. The first-order chi connectivity index (χ1) is 9.06. The Morgan fingerprint density at radius 2 is 2.26 bits per heavy atom. The molecule has 0 saturated carbocycles. The zero-order valence-electron chi connectivity index (χ0n) is 10.8. The van der Waals surface area contributed by atoms with E-state index in [9.17, 15) is 9.59 Å². The van der Waals surface area contributed by atoms with E-state index in [-0.39, 0.29) is 17.6 Å². The first kappa shape index (κ1) is 13.5. The Labute approximate surface area is 111 Å². The minimum Gasteiger partial charge on any atom is -0.478 e. The average molecular weight is 263 g/mol. The molecule has 0 bridgehead atoms. The summed E-state index contributed by atoms with van der Waals surface area (Å²) in [5.41, 5.74) is 1.55. The molecule has 1 aliphatic heterocycles. The van der Waals surface area contributed by atoms with E-state index in [1.54, 1.807) is 6.07 Å². The van der Waals surface area contributed by atoms with Crippen molar-refractivity contribution in [2.24, 2.45) is 0 Å². The predicted octanol–water partition coefficient (Wildman–Crippen LogP) is 2.20. The van der Waals surface area contributed by atoms with Crippen molar-refractivity contribution in [2.75, 3.05) is 11.9 Å². The van der Waals surface area contributed by atoms with Crippen LogP contribution in [-0.2, 0) is 9.53 Å². The summed E-state index contributed by atoms with van der Waals surface area (Å²) < 4.78 is 5.40. The van der Waals surface area contributed by atoms with Gasteiger partial charge in [0.05, 0.1) is 18.1 Å². The molecule has 0 aliphatic carbocycles. The fourth-order valence-corrected chi connectivity index (χ4v) is 2.10. The molecule has 5 heteroatoms. The second-order valence-electron chi connectivity index (χ2n) is 4.72. The van der Waals surface area contributed by atoms with Crippen molar-refractivity contribution in [3.63, 3.8) is 0 Å². The zero-order valence-corrected chi connectivity index (χ0v) is 10.8. The van der Waals surface area contributed by atoms with Crippen molar-refractivity contribution >= 4 is 17.6 Å². The zero-order chi connectivity index (χ0) is 13.8.